The third-order valence-corrected chi connectivity index (χ3v) is 4.43. The Morgan fingerprint density at radius 1 is 1.17 bits per heavy atom. The summed E-state index contributed by atoms with van der Waals surface area (Å²) < 4.78 is 45.7. The molecule has 158 valence electrons. The van der Waals surface area contributed by atoms with Gasteiger partial charge in [0.05, 0.1) is 6.04 Å². The molecule has 2 unspecified atom stereocenters. The van der Waals surface area contributed by atoms with Crippen molar-refractivity contribution in [2.75, 3.05) is 13.2 Å². The van der Waals surface area contributed by atoms with E-state index in [4.69, 9.17) is 9.84 Å². The van der Waals surface area contributed by atoms with Crippen LogP contribution in [0, 0.1) is 5.82 Å². The molecule has 1 N–H and O–H groups in total. The van der Waals surface area contributed by atoms with Crippen LogP contribution in [0.5, 0.6) is 5.75 Å². The number of benzene rings is 2. The summed E-state index contributed by atoms with van der Waals surface area (Å²) in [6.45, 7) is -0.501. The van der Waals surface area contributed by atoms with Gasteiger partial charge in [-0.1, -0.05) is 30.3 Å². The quantitative estimate of drug-likeness (QED) is 0.744. The Bertz CT molecular complexity index is 743. The van der Waals surface area contributed by atoms with E-state index in [2.05, 4.69) is 4.74 Å². The van der Waals surface area contributed by atoms with Crippen LogP contribution in [0.1, 0.15) is 31.4 Å². The monoisotopic (exact) mass is 411 g/mol. The molecule has 2 aromatic rings. The molecule has 1 fully saturated rings. The SMILES string of the molecule is CC(c1ccc(OC(F)F)cc1)N1CCC(CCO)OC1=O.Fc1ccccc1. The Morgan fingerprint density at radius 2 is 1.83 bits per heavy atom. The van der Waals surface area contributed by atoms with Crippen molar-refractivity contribution in [3.05, 3.63) is 66.0 Å². The topological polar surface area (TPSA) is 59.0 Å². The number of hydrogen-bond donors (Lipinski definition) is 1. The van der Waals surface area contributed by atoms with Crippen molar-refractivity contribution < 1.29 is 32.5 Å². The summed E-state index contributed by atoms with van der Waals surface area (Å²) in [5, 5.41) is 8.88. The molecule has 1 heterocycles. The maximum Gasteiger partial charge on any atom is 0.410 e. The zero-order valence-electron chi connectivity index (χ0n) is 16.0. The predicted octanol–water partition coefficient (Wildman–Crippen LogP) is 4.77. The van der Waals surface area contributed by atoms with Crippen molar-refractivity contribution in [2.24, 2.45) is 0 Å². The fourth-order valence-electron chi connectivity index (χ4n) is 2.86. The Balaban J connectivity index is 0.000000360. The van der Waals surface area contributed by atoms with Gasteiger partial charge in [0.2, 0.25) is 0 Å². The summed E-state index contributed by atoms with van der Waals surface area (Å²) in [5.74, 6) is -0.0994. The highest BCUT2D eigenvalue weighted by Gasteiger charge is 2.30. The second-order valence-corrected chi connectivity index (χ2v) is 6.42. The first-order valence-corrected chi connectivity index (χ1v) is 9.24. The Morgan fingerprint density at radius 3 is 2.31 bits per heavy atom. The molecular formula is C21H24F3NO4. The normalized spacial score (nSPS) is 17.2. The van der Waals surface area contributed by atoms with E-state index in [1.165, 1.54) is 24.3 Å². The lowest BCUT2D eigenvalue weighted by Gasteiger charge is -2.35. The number of alkyl halides is 2. The Kier molecular flexibility index (Phi) is 8.79. The van der Waals surface area contributed by atoms with Crippen LogP contribution >= 0.6 is 0 Å². The maximum absolute atomic E-state index is 12.1. The first-order valence-electron chi connectivity index (χ1n) is 9.24. The number of carbonyl (C=O) groups excluding carboxylic acids is 1. The molecule has 1 aliphatic heterocycles. The molecule has 2 aromatic carbocycles. The molecule has 0 bridgehead atoms. The number of carbonyl (C=O) groups is 1. The zero-order valence-corrected chi connectivity index (χ0v) is 16.0. The van der Waals surface area contributed by atoms with E-state index in [0.717, 1.165) is 5.56 Å². The number of rotatable bonds is 6. The molecule has 1 amide bonds. The number of aliphatic hydroxyl groups is 1. The van der Waals surface area contributed by atoms with Gasteiger partial charge in [0.15, 0.2) is 0 Å². The summed E-state index contributed by atoms with van der Waals surface area (Å²) in [6.07, 6.45) is 0.421. The van der Waals surface area contributed by atoms with Crippen LogP contribution in [0.25, 0.3) is 0 Å². The van der Waals surface area contributed by atoms with Crippen molar-refractivity contribution >= 4 is 6.09 Å². The lowest BCUT2D eigenvalue weighted by molar-refractivity contribution is -0.0498. The van der Waals surface area contributed by atoms with Crippen molar-refractivity contribution in [3.63, 3.8) is 0 Å². The number of aliphatic hydroxyl groups excluding tert-OH is 1. The molecular weight excluding hydrogens is 387 g/mol. The summed E-state index contributed by atoms with van der Waals surface area (Å²) in [7, 11) is 0. The first kappa shape index (κ1) is 22.5. The van der Waals surface area contributed by atoms with E-state index < -0.39 is 12.7 Å². The van der Waals surface area contributed by atoms with Crippen molar-refractivity contribution in [2.45, 2.75) is 38.5 Å². The van der Waals surface area contributed by atoms with Crippen LogP contribution in [0.15, 0.2) is 54.6 Å². The van der Waals surface area contributed by atoms with E-state index in [-0.39, 0.29) is 30.3 Å². The minimum Gasteiger partial charge on any atom is -0.446 e. The summed E-state index contributed by atoms with van der Waals surface area (Å²) in [5.41, 5.74) is 0.805. The summed E-state index contributed by atoms with van der Waals surface area (Å²) in [6, 6.07) is 13.9. The van der Waals surface area contributed by atoms with Crippen LogP contribution in [-0.4, -0.2) is 42.0 Å². The molecule has 0 radical (unpaired) electrons. The molecule has 8 heteroatoms. The number of hydrogen-bond acceptors (Lipinski definition) is 4. The van der Waals surface area contributed by atoms with Gasteiger partial charge in [-0.3, -0.25) is 0 Å². The molecule has 0 aliphatic carbocycles. The van der Waals surface area contributed by atoms with Crippen molar-refractivity contribution in [1.82, 2.24) is 4.90 Å². The zero-order chi connectivity index (χ0) is 21.2. The van der Waals surface area contributed by atoms with Gasteiger partial charge in [0.1, 0.15) is 17.7 Å². The van der Waals surface area contributed by atoms with Crippen LogP contribution in [0.4, 0.5) is 18.0 Å². The second-order valence-electron chi connectivity index (χ2n) is 6.42. The third-order valence-electron chi connectivity index (χ3n) is 4.43. The minimum atomic E-state index is -2.86. The van der Waals surface area contributed by atoms with Gasteiger partial charge in [0, 0.05) is 26.0 Å². The highest BCUT2D eigenvalue weighted by atomic mass is 19.3. The van der Waals surface area contributed by atoms with Crippen molar-refractivity contribution in [3.8, 4) is 5.75 Å². The molecule has 1 aliphatic rings. The molecule has 3 rings (SSSR count). The number of ether oxygens (including phenoxy) is 2. The van der Waals surface area contributed by atoms with E-state index in [1.807, 2.05) is 6.92 Å². The lowest BCUT2D eigenvalue weighted by atomic mass is 10.1. The third kappa shape index (κ3) is 7.30. The average Bonchev–Trinajstić information content (AvgIpc) is 2.69. The highest BCUT2D eigenvalue weighted by Crippen LogP contribution is 2.27. The average molecular weight is 411 g/mol. The van der Waals surface area contributed by atoms with Gasteiger partial charge in [0.25, 0.3) is 0 Å². The molecule has 0 aromatic heterocycles. The number of cyclic esters (lactones) is 1. The summed E-state index contributed by atoms with van der Waals surface area (Å²) in [4.78, 5) is 13.6. The van der Waals surface area contributed by atoms with E-state index in [0.29, 0.717) is 19.4 Å². The van der Waals surface area contributed by atoms with E-state index in [9.17, 15) is 18.0 Å². The maximum atomic E-state index is 12.1. The van der Waals surface area contributed by atoms with Gasteiger partial charge in [-0.05, 0) is 36.8 Å². The van der Waals surface area contributed by atoms with Gasteiger partial charge in [-0.15, -0.1) is 0 Å². The molecule has 5 nitrogen and oxygen atoms in total. The molecule has 29 heavy (non-hydrogen) atoms. The minimum absolute atomic E-state index is 0.0148. The molecule has 2 atom stereocenters. The largest absolute Gasteiger partial charge is 0.446 e. The summed E-state index contributed by atoms with van der Waals surface area (Å²) >= 11 is 0. The Hall–Kier alpha value is -2.74. The fraction of sp³-hybridized carbons (Fsp3) is 0.381. The molecule has 0 saturated carbocycles. The van der Waals surface area contributed by atoms with Crippen LogP contribution < -0.4 is 4.74 Å². The molecule has 0 spiro atoms. The second kappa shape index (κ2) is 11.3. The highest BCUT2D eigenvalue weighted by molar-refractivity contribution is 5.69. The number of amides is 1. The van der Waals surface area contributed by atoms with Gasteiger partial charge < -0.3 is 19.5 Å². The first-order chi connectivity index (χ1) is 13.9. The van der Waals surface area contributed by atoms with Crippen LogP contribution in [0.2, 0.25) is 0 Å². The van der Waals surface area contributed by atoms with E-state index >= 15 is 0 Å². The number of halogens is 3. The van der Waals surface area contributed by atoms with Crippen molar-refractivity contribution in [1.29, 1.82) is 0 Å². The van der Waals surface area contributed by atoms with Gasteiger partial charge in [-0.25, -0.2) is 9.18 Å². The van der Waals surface area contributed by atoms with Crippen LogP contribution in [-0.2, 0) is 4.74 Å². The molecule has 1 saturated heterocycles. The van der Waals surface area contributed by atoms with Gasteiger partial charge in [-0.2, -0.15) is 8.78 Å². The van der Waals surface area contributed by atoms with E-state index in [1.54, 1.807) is 35.2 Å². The number of nitrogens with zero attached hydrogens (tertiary/aromatic N) is 1. The standard InChI is InChI=1S/C15H19F2NO4.C6H5F/c1-10(11-2-4-12(5-3-11)21-14(16)17)18-8-6-13(7-9-19)22-15(18)20;7-6-4-2-1-3-5-6/h2-5,10,13-14,19H,6-9H2,1H3;1-5H. The fourth-order valence-corrected chi connectivity index (χ4v) is 2.86. The van der Waals surface area contributed by atoms with Gasteiger partial charge >= 0.3 is 12.7 Å². The predicted molar refractivity (Wildman–Crippen MR) is 101 cm³/mol. The smallest absolute Gasteiger partial charge is 0.410 e. The lowest BCUT2D eigenvalue weighted by Crippen LogP contribution is -2.43. The Labute approximate surface area is 167 Å². The van der Waals surface area contributed by atoms with Crippen LogP contribution in [0.3, 0.4) is 0 Å².